The molecule has 1 aliphatic rings. The molecule has 132 valence electrons. The zero-order chi connectivity index (χ0) is 18.8. The molecule has 27 heavy (non-hydrogen) atoms. The number of benzene rings is 3. The molecule has 1 amide bonds. The summed E-state index contributed by atoms with van der Waals surface area (Å²) >= 11 is 0. The predicted octanol–water partition coefficient (Wildman–Crippen LogP) is 4.64. The quantitative estimate of drug-likeness (QED) is 0.504. The second-order valence-corrected chi connectivity index (χ2v) is 6.30. The van der Waals surface area contributed by atoms with Crippen molar-refractivity contribution in [3.63, 3.8) is 0 Å². The van der Waals surface area contributed by atoms with Crippen LogP contribution in [0.4, 0.5) is 10.1 Å². The number of amides is 1. The van der Waals surface area contributed by atoms with Crippen molar-refractivity contribution < 1.29 is 14.0 Å². The van der Waals surface area contributed by atoms with Crippen LogP contribution < -0.4 is 4.90 Å². The molecule has 4 rings (SSSR count). The highest BCUT2D eigenvalue weighted by Crippen LogP contribution is 2.37. The third-order valence-electron chi connectivity index (χ3n) is 4.56. The monoisotopic (exact) mass is 357 g/mol. The number of hydrogen-bond acceptors (Lipinski definition) is 2. The number of anilines is 1. The maximum absolute atomic E-state index is 13.9. The molecule has 0 atom stereocenters. The average Bonchev–Trinajstić information content (AvgIpc) is 2.95. The second kappa shape index (κ2) is 7.00. The van der Waals surface area contributed by atoms with Gasteiger partial charge in [-0.15, -0.1) is 0 Å². The molecule has 1 aliphatic heterocycles. The summed E-state index contributed by atoms with van der Waals surface area (Å²) in [5, 5.41) is 0. The van der Waals surface area contributed by atoms with Crippen molar-refractivity contribution in [1.82, 2.24) is 0 Å². The van der Waals surface area contributed by atoms with E-state index in [1.807, 2.05) is 48.5 Å². The van der Waals surface area contributed by atoms with Gasteiger partial charge in [0.2, 0.25) is 0 Å². The highest BCUT2D eigenvalue weighted by atomic mass is 19.1. The van der Waals surface area contributed by atoms with E-state index in [-0.39, 0.29) is 17.0 Å². The Morgan fingerprint density at radius 3 is 2.33 bits per heavy atom. The lowest BCUT2D eigenvalue weighted by Crippen LogP contribution is -2.25. The van der Waals surface area contributed by atoms with Crippen molar-refractivity contribution in [2.75, 3.05) is 4.90 Å². The normalized spacial score (nSPS) is 14.5. The van der Waals surface area contributed by atoms with Crippen molar-refractivity contribution in [2.24, 2.45) is 0 Å². The average molecular weight is 357 g/mol. The van der Waals surface area contributed by atoms with E-state index in [1.165, 1.54) is 24.3 Å². The van der Waals surface area contributed by atoms with E-state index in [2.05, 4.69) is 0 Å². The lowest BCUT2D eigenvalue weighted by atomic mass is 10.0. The number of halogens is 1. The van der Waals surface area contributed by atoms with Crippen molar-refractivity contribution in [2.45, 2.75) is 6.54 Å². The van der Waals surface area contributed by atoms with E-state index in [0.29, 0.717) is 12.1 Å². The van der Waals surface area contributed by atoms with Gasteiger partial charge in [-0.3, -0.25) is 9.59 Å². The number of hydrogen-bond donors (Lipinski definition) is 0. The summed E-state index contributed by atoms with van der Waals surface area (Å²) in [5.74, 6) is -1.38. The Balaban J connectivity index is 1.73. The SMILES string of the molecule is O=C(/C=C1/C(=O)N(Cc2ccccc2)c2ccccc21)c1ccccc1F. The van der Waals surface area contributed by atoms with Crippen molar-refractivity contribution >= 4 is 23.0 Å². The largest absolute Gasteiger partial charge is 0.303 e. The fourth-order valence-electron chi connectivity index (χ4n) is 3.24. The van der Waals surface area contributed by atoms with Crippen molar-refractivity contribution in [3.8, 4) is 0 Å². The third kappa shape index (κ3) is 3.17. The third-order valence-corrected chi connectivity index (χ3v) is 4.56. The molecular formula is C23H16FNO2. The summed E-state index contributed by atoms with van der Waals surface area (Å²) < 4.78 is 13.9. The van der Waals surface area contributed by atoms with E-state index < -0.39 is 11.6 Å². The van der Waals surface area contributed by atoms with Gasteiger partial charge < -0.3 is 4.90 Å². The van der Waals surface area contributed by atoms with Crippen molar-refractivity contribution in [3.05, 3.63) is 107 Å². The van der Waals surface area contributed by atoms with E-state index in [4.69, 9.17) is 0 Å². The molecule has 3 nitrogen and oxygen atoms in total. The molecule has 0 N–H and O–H groups in total. The number of fused-ring (bicyclic) bond motifs is 1. The molecule has 1 heterocycles. The smallest absolute Gasteiger partial charge is 0.259 e. The molecule has 3 aromatic rings. The summed E-state index contributed by atoms with van der Waals surface area (Å²) in [4.78, 5) is 27.2. The Morgan fingerprint density at radius 1 is 0.889 bits per heavy atom. The molecule has 0 unspecified atom stereocenters. The molecule has 0 radical (unpaired) electrons. The first-order chi connectivity index (χ1) is 13.1. The minimum atomic E-state index is -0.598. The highest BCUT2D eigenvalue weighted by Gasteiger charge is 2.32. The first-order valence-corrected chi connectivity index (χ1v) is 8.61. The lowest BCUT2D eigenvalue weighted by Gasteiger charge is -2.17. The van der Waals surface area contributed by atoms with Crippen LogP contribution in [0.1, 0.15) is 21.5 Å². The van der Waals surface area contributed by atoms with E-state index in [1.54, 1.807) is 17.0 Å². The summed E-state index contributed by atoms with van der Waals surface area (Å²) in [6.45, 7) is 0.405. The maximum Gasteiger partial charge on any atom is 0.259 e. The first-order valence-electron chi connectivity index (χ1n) is 8.61. The van der Waals surface area contributed by atoms with Crippen molar-refractivity contribution in [1.29, 1.82) is 0 Å². The van der Waals surface area contributed by atoms with Gasteiger partial charge >= 0.3 is 0 Å². The molecule has 3 aromatic carbocycles. The molecule has 0 spiro atoms. The zero-order valence-electron chi connectivity index (χ0n) is 14.4. The number of allylic oxidation sites excluding steroid dienone is 1. The van der Waals surface area contributed by atoms with E-state index in [0.717, 1.165) is 11.3 Å². The van der Waals surface area contributed by atoms with Crippen LogP contribution >= 0.6 is 0 Å². The fraction of sp³-hybridized carbons (Fsp3) is 0.0435. The fourth-order valence-corrected chi connectivity index (χ4v) is 3.24. The van der Waals surface area contributed by atoms with Gasteiger partial charge in [-0.1, -0.05) is 60.7 Å². The number of carbonyl (C=O) groups excluding carboxylic acids is 2. The highest BCUT2D eigenvalue weighted by molar-refractivity contribution is 6.35. The van der Waals surface area contributed by atoms with E-state index in [9.17, 15) is 14.0 Å². The number of ketones is 1. The van der Waals surface area contributed by atoms with Gasteiger partial charge in [-0.05, 0) is 29.8 Å². The molecule has 0 fully saturated rings. The molecule has 0 aromatic heterocycles. The van der Waals surface area contributed by atoms with Crippen LogP contribution in [0.3, 0.4) is 0 Å². The Kier molecular flexibility index (Phi) is 4.38. The molecule has 0 aliphatic carbocycles. The van der Waals surface area contributed by atoms with Crippen LogP contribution in [0.2, 0.25) is 0 Å². The summed E-state index contributed by atoms with van der Waals surface area (Å²) in [6.07, 6.45) is 1.24. The minimum absolute atomic E-state index is 0.0446. The molecule has 4 heteroatoms. The second-order valence-electron chi connectivity index (χ2n) is 6.30. The van der Waals surface area contributed by atoms with E-state index >= 15 is 0 Å². The Labute approximate surface area is 156 Å². The Hall–Kier alpha value is -3.53. The summed E-state index contributed by atoms with van der Waals surface area (Å²) in [5.41, 5.74) is 2.66. The number of para-hydroxylation sites is 1. The number of carbonyl (C=O) groups is 2. The van der Waals surface area contributed by atoms with Gasteiger partial charge in [0, 0.05) is 5.56 Å². The molecule has 0 saturated heterocycles. The zero-order valence-corrected chi connectivity index (χ0v) is 14.4. The van der Waals surface area contributed by atoms with Gasteiger partial charge in [0.05, 0.1) is 23.4 Å². The van der Waals surface area contributed by atoms with Crippen LogP contribution in [0, 0.1) is 5.82 Å². The number of rotatable bonds is 4. The standard InChI is InChI=1S/C23H16FNO2/c24-20-12-6-4-11-18(20)22(26)14-19-17-10-5-7-13-21(17)25(23(19)27)15-16-8-2-1-3-9-16/h1-14H,15H2/b19-14+. The topological polar surface area (TPSA) is 37.4 Å². The first kappa shape index (κ1) is 16.9. The molecule has 0 bridgehead atoms. The Morgan fingerprint density at radius 2 is 1.56 bits per heavy atom. The van der Waals surface area contributed by atoms with Crippen LogP contribution in [-0.2, 0) is 11.3 Å². The summed E-state index contributed by atoms with van der Waals surface area (Å²) in [6, 6.07) is 22.7. The van der Waals surface area contributed by atoms with Gasteiger partial charge in [0.15, 0.2) is 5.78 Å². The molecule has 0 saturated carbocycles. The van der Waals surface area contributed by atoms with Gasteiger partial charge in [0.1, 0.15) is 5.82 Å². The maximum atomic E-state index is 13.9. The minimum Gasteiger partial charge on any atom is -0.303 e. The van der Waals surface area contributed by atoms with Gasteiger partial charge in [-0.25, -0.2) is 4.39 Å². The lowest BCUT2D eigenvalue weighted by molar-refractivity contribution is -0.113. The van der Waals surface area contributed by atoms with Crippen LogP contribution in [0.15, 0.2) is 84.9 Å². The predicted molar refractivity (Wildman–Crippen MR) is 103 cm³/mol. The van der Waals surface area contributed by atoms with Crippen LogP contribution in [-0.4, -0.2) is 11.7 Å². The molecular weight excluding hydrogens is 341 g/mol. The number of nitrogens with zero attached hydrogens (tertiary/aromatic N) is 1. The van der Waals surface area contributed by atoms with Crippen LogP contribution in [0.25, 0.3) is 5.57 Å². The summed E-state index contributed by atoms with van der Waals surface area (Å²) in [7, 11) is 0. The van der Waals surface area contributed by atoms with Gasteiger partial charge in [-0.2, -0.15) is 0 Å². The van der Waals surface area contributed by atoms with Crippen LogP contribution in [0.5, 0.6) is 0 Å². The van der Waals surface area contributed by atoms with Gasteiger partial charge in [0.25, 0.3) is 5.91 Å². The Bertz CT molecular complexity index is 1060.